The number of thiophene rings is 1. The van der Waals surface area contributed by atoms with Crippen LogP contribution in [-0.2, 0) is 13.0 Å². The van der Waals surface area contributed by atoms with E-state index in [1.165, 1.54) is 11.3 Å². The van der Waals surface area contributed by atoms with E-state index in [1.807, 2.05) is 22.9 Å². The Hall–Kier alpha value is -1.95. The van der Waals surface area contributed by atoms with Gasteiger partial charge in [0, 0.05) is 18.7 Å². The fraction of sp³-hybridized carbons (Fsp3) is 0.250. The molecule has 0 radical (unpaired) electrons. The van der Waals surface area contributed by atoms with Gasteiger partial charge >= 0.3 is 0 Å². The van der Waals surface area contributed by atoms with Gasteiger partial charge in [-0.3, -0.25) is 4.79 Å². The lowest BCUT2D eigenvalue weighted by molar-refractivity contribution is 0.367. The zero-order valence-electron chi connectivity index (χ0n) is 9.79. The van der Waals surface area contributed by atoms with Crippen LogP contribution in [-0.4, -0.2) is 14.7 Å². The van der Waals surface area contributed by atoms with Crippen LogP contribution in [0, 0.1) is 0 Å². The highest BCUT2D eigenvalue weighted by Crippen LogP contribution is 2.17. The van der Waals surface area contributed by atoms with E-state index in [2.05, 4.69) is 10.1 Å². The number of aromatic nitrogens is 3. The van der Waals surface area contributed by atoms with Gasteiger partial charge in [-0.25, -0.2) is 0 Å². The second-order valence-corrected chi connectivity index (χ2v) is 4.82. The third kappa shape index (κ3) is 1.84. The second kappa shape index (κ2) is 4.38. The molecule has 0 spiro atoms. The van der Waals surface area contributed by atoms with Crippen LogP contribution in [0.1, 0.15) is 18.6 Å². The van der Waals surface area contributed by atoms with Crippen LogP contribution < -0.4 is 5.43 Å². The molecule has 3 heterocycles. The lowest BCUT2D eigenvalue weighted by Crippen LogP contribution is -2.07. The number of hydrogen-bond acceptors (Lipinski definition) is 5. The molecule has 3 aromatic heterocycles. The third-order valence-electron chi connectivity index (χ3n) is 2.72. The molecule has 3 aromatic rings. The Morgan fingerprint density at radius 1 is 1.44 bits per heavy atom. The summed E-state index contributed by atoms with van der Waals surface area (Å²) in [6, 6.07) is 3.49. The van der Waals surface area contributed by atoms with Crippen molar-refractivity contribution >= 4 is 21.6 Å². The first kappa shape index (κ1) is 11.2. The quantitative estimate of drug-likeness (QED) is 0.724. The topological polar surface area (TPSA) is 60.9 Å². The first-order valence-electron chi connectivity index (χ1n) is 5.66. The summed E-state index contributed by atoms with van der Waals surface area (Å²) >= 11 is 1.45. The molecule has 0 fully saturated rings. The number of rotatable bonds is 3. The Bertz CT molecular complexity index is 741. The molecule has 0 saturated heterocycles. The minimum atomic E-state index is 0.0519. The molecule has 0 aromatic carbocycles. The Balaban J connectivity index is 2.02. The minimum absolute atomic E-state index is 0.0519. The predicted molar refractivity (Wildman–Crippen MR) is 68.9 cm³/mol. The molecule has 0 amide bonds. The number of hydrogen-bond donors (Lipinski definition) is 0. The molecule has 0 saturated carbocycles. The van der Waals surface area contributed by atoms with Crippen molar-refractivity contribution in [1.82, 2.24) is 14.7 Å². The zero-order valence-corrected chi connectivity index (χ0v) is 10.6. The molecular formula is C12H11N3O2S. The highest BCUT2D eigenvalue weighted by molar-refractivity contribution is 7.17. The van der Waals surface area contributed by atoms with Crippen molar-refractivity contribution in [1.29, 1.82) is 0 Å². The molecule has 0 N–H and O–H groups in total. The molecule has 6 heteroatoms. The Labute approximate surface area is 107 Å². The van der Waals surface area contributed by atoms with Crippen molar-refractivity contribution in [2.75, 3.05) is 0 Å². The largest absolute Gasteiger partial charge is 0.337 e. The van der Waals surface area contributed by atoms with Crippen molar-refractivity contribution in [2.45, 2.75) is 19.9 Å². The molecule has 0 aliphatic rings. The van der Waals surface area contributed by atoms with Crippen LogP contribution in [0.5, 0.6) is 0 Å². The lowest BCUT2D eigenvalue weighted by Gasteiger charge is -2.04. The van der Waals surface area contributed by atoms with E-state index >= 15 is 0 Å². The summed E-state index contributed by atoms with van der Waals surface area (Å²) in [5.41, 5.74) is 0.958. The molecule has 18 heavy (non-hydrogen) atoms. The molecule has 0 aliphatic heterocycles. The first-order chi connectivity index (χ1) is 8.78. The Morgan fingerprint density at radius 2 is 2.33 bits per heavy atom. The summed E-state index contributed by atoms with van der Waals surface area (Å²) in [6.07, 6.45) is 2.51. The van der Waals surface area contributed by atoms with Gasteiger partial charge in [0.2, 0.25) is 5.89 Å². The minimum Gasteiger partial charge on any atom is -0.337 e. The van der Waals surface area contributed by atoms with Crippen LogP contribution in [0.25, 0.3) is 10.2 Å². The smallest absolute Gasteiger partial charge is 0.246 e. The van der Waals surface area contributed by atoms with E-state index in [1.54, 1.807) is 12.3 Å². The van der Waals surface area contributed by atoms with Crippen LogP contribution in [0.2, 0.25) is 0 Å². The summed E-state index contributed by atoms with van der Waals surface area (Å²) in [4.78, 5) is 15.9. The van der Waals surface area contributed by atoms with E-state index in [0.717, 1.165) is 16.6 Å². The fourth-order valence-electron chi connectivity index (χ4n) is 1.81. The molecular weight excluding hydrogens is 250 g/mol. The van der Waals surface area contributed by atoms with Crippen LogP contribution in [0.3, 0.4) is 0 Å². The summed E-state index contributed by atoms with van der Waals surface area (Å²) in [6.45, 7) is 2.46. The monoisotopic (exact) mass is 261 g/mol. The van der Waals surface area contributed by atoms with Crippen molar-refractivity contribution in [3.8, 4) is 0 Å². The summed E-state index contributed by atoms with van der Waals surface area (Å²) in [5.74, 6) is 1.26. The van der Waals surface area contributed by atoms with E-state index in [-0.39, 0.29) is 5.43 Å². The fourth-order valence-corrected chi connectivity index (χ4v) is 2.63. The van der Waals surface area contributed by atoms with Crippen molar-refractivity contribution in [3.63, 3.8) is 0 Å². The lowest BCUT2D eigenvalue weighted by atomic mass is 10.3. The van der Waals surface area contributed by atoms with E-state index < -0.39 is 0 Å². The van der Waals surface area contributed by atoms with Gasteiger partial charge in [-0.05, 0) is 11.4 Å². The van der Waals surface area contributed by atoms with E-state index in [4.69, 9.17) is 4.52 Å². The summed E-state index contributed by atoms with van der Waals surface area (Å²) in [7, 11) is 0. The number of nitrogens with zero attached hydrogens (tertiary/aromatic N) is 3. The maximum absolute atomic E-state index is 11.6. The van der Waals surface area contributed by atoms with Crippen molar-refractivity contribution < 1.29 is 4.52 Å². The standard InChI is InChI=1S/C12H11N3O2S/c1-2-10-13-11(17-14-10)7-15-5-3-9(16)12-8(15)4-6-18-12/h3-6H,2,7H2,1H3. The van der Waals surface area contributed by atoms with Crippen molar-refractivity contribution in [2.24, 2.45) is 0 Å². The molecule has 0 aliphatic carbocycles. The molecule has 5 nitrogen and oxygen atoms in total. The van der Waals surface area contributed by atoms with Gasteiger partial charge in [0.1, 0.15) is 6.54 Å². The number of aryl methyl sites for hydroxylation is 1. The number of fused-ring (bicyclic) bond motifs is 1. The molecule has 0 atom stereocenters. The van der Waals surface area contributed by atoms with E-state index in [0.29, 0.717) is 18.3 Å². The van der Waals surface area contributed by atoms with Crippen molar-refractivity contribution in [3.05, 3.63) is 45.6 Å². The second-order valence-electron chi connectivity index (χ2n) is 3.90. The molecule has 3 rings (SSSR count). The van der Waals surface area contributed by atoms with Crippen LogP contribution in [0.4, 0.5) is 0 Å². The zero-order chi connectivity index (χ0) is 12.5. The van der Waals surface area contributed by atoms with Gasteiger partial charge in [-0.15, -0.1) is 11.3 Å². The van der Waals surface area contributed by atoms with Gasteiger partial charge in [0.25, 0.3) is 0 Å². The summed E-state index contributed by atoms with van der Waals surface area (Å²) < 4.78 is 7.86. The highest BCUT2D eigenvalue weighted by atomic mass is 32.1. The number of pyridine rings is 1. The van der Waals surface area contributed by atoms with Crippen LogP contribution >= 0.6 is 11.3 Å². The first-order valence-corrected chi connectivity index (χ1v) is 6.54. The molecule has 92 valence electrons. The van der Waals surface area contributed by atoms with Gasteiger partial charge in [-0.1, -0.05) is 12.1 Å². The van der Waals surface area contributed by atoms with Crippen LogP contribution in [0.15, 0.2) is 33.0 Å². The van der Waals surface area contributed by atoms with Gasteiger partial charge < -0.3 is 9.09 Å². The maximum Gasteiger partial charge on any atom is 0.246 e. The molecule has 0 bridgehead atoms. The Kier molecular flexibility index (Phi) is 2.71. The van der Waals surface area contributed by atoms with Gasteiger partial charge in [0.05, 0.1) is 10.2 Å². The highest BCUT2D eigenvalue weighted by Gasteiger charge is 2.08. The van der Waals surface area contributed by atoms with Gasteiger partial charge in [0.15, 0.2) is 11.3 Å². The average Bonchev–Trinajstić information content (AvgIpc) is 3.01. The maximum atomic E-state index is 11.6. The Morgan fingerprint density at radius 3 is 3.11 bits per heavy atom. The SMILES string of the molecule is CCc1noc(Cn2ccc(=O)c3sccc32)n1. The van der Waals surface area contributed by atoms with E-state index in [9.17, 15) is 4.79 Å². The average molecular weight is 261 g/mol. The summed E-state index contributed by atoms with van der Waals surface area (Å²) in [5, 5.41) is 5.77. The predicted octanol–water partition coefficient (Wildman–Crippen LogP) is 2.06. The van der Waals surface area contributed by atoms with Gasteiger partial charge in [-0.2, -0.15) is 4.98 Å². The normalized spacial score (nSPS) is 11.2. The molecule has 0 unspecified atom stereocenters. The third-order valence-corrected chi connectivity index (χ3v) is 3.63.